The molecule has 1 heterocycles. The SMILES string of the molecule is CCNC(=NCc1ccc(NC(=O)c2ccco2)cc1)NCCC(F)(F)F.I. The number of hydrogen-bond donors (Lipinski definition) is 3. The lowest BCUT2D eigenvalue weighted by Crippen LogP contribution is -2.38. The average Bonchev–Trinajstić information content (AvgIpc) is 3.14. The summed E-state index contributed by atoms with van der Waals surface area (Å²) in [5, 5.41) is 8.25. The fourth-order valence-corrected chi connectivity index (χ4v) is 2.13. The van der Waals surface area contributed by atoms with E-state index in [1.165, 1.54) is 6.26 Å². The molecule has 0 saturated carbocycles. The second kappa shape index (κ2) is 11.6. The molecule has 1 aromatic heterocycles. The zero-order valence-electron chi connectivity index (χ0n) is 15.2. The van der Waals surface area contributed by atoms with E-state index in [1.54, 1.807) is 36.4 Å². The molecule has 0 aliphatic heterocycles. The van der Waals surface area contributed by atoms with Gasteiger partial charge in [-0.2, -0.15) is 13.2 Å². The topological polar surface area (TPSA) is 78.7 Å². The lowest BCUT2D eigenvalue weighted by Gasteiger charge is -2.12. The first-order valence-electron chi connectivity index (χ1n) is 8.40. The first-order valence-corrected chi connectivity index (χ1v) is 8.40. The molecule has 1 amide bonds. The Morgan fingerprint density at radius 2 is 1.86 bits per heavy atom. The number of guanidine groups is 1. The van der Waals surface area contributed by atoms with Gasteiger partial charge in [0, 0.05) is 18.8 Å². The molecule has 6 nitrogen and oxygen atoms in total. The second-order valence-corrected chi connectivity index (χ2v) is 5.62. The largest absolute Gasteiger partial charge is 0.459 e. The van der Waals surface area contributed by atoms with Gasteiger partial charge in [-0.15, -0.1) is 24.0 Å². The van der Waals surface area contributed by atoms with Crippen LogP contribution in [0.15, 0.2) is 52.1 Å². The summed E-state index contributed by atoms with van der Waals surface area (Å²) in [7, 11) is 0. The number of carbonyl (C=O) groups is 1. The van der Waals surface area contributed by atoms with Crippen molar-refractivity contribution in [3.05, 3.63) is 54.0 Å². The number of nitrogens with one attached hydrogen (secondary N) is 3. The zero-order valence-corrected chi connectivity index (χ0v) is 17.5. The molecule has 0 aliphatic carbocycles. The van der Waals surface area contributed by atoms with Gasteiger partial charge < -0.3 is 20.4 Å². The Kier molecular flexibility index (Phi) is 9.83. The molecule has 0 fully saturated rings. The molecule has 10 heteroatoms. The Labute approximate surface area is 178 Å². The molecule has 1 aromatic carbocycles. The molecule has 2 rings (SSSR count). The van der Waals surface area contributed by atoms with E-state index in [0.29, 0.717) is 18.2 Å². The van der Waals surface area contributed by atoms with Crippen LogP contribution in [0.3, 0.4) is 0 Å². The number of alkyl halides is 3. The number of amides is 1. The lowest BCUT2D eigenvalue weighted by atomic mass is 10.2. The fourth-order valence-electron chi connectivity index (χ4n) is 2.13. The summed E-state index contributed by atoms with van der Waals surface area (Å²) in [5.41, 5.74) is 1.44. The first-order chi connectivity index (χ1) is 12.9. The molecule has 0 spiro atoms. The minimum atomic E-state index is -4.21. The van der Waals surface area contributed by atoms with Crippen LogP contribution < -0.4 is 16.0 Å². The lowest BCUT2D eigenvalue weighted by molar-refractivity contribution is -0.132. The Hall–Kier alpha value is -2.24. The second-order valence-electron chi connectivity index (χ2n) is 5.62. The number of furan rings is 1. The standard InChI is InChI=1S/C18H21F3N4O2.HI/c1-2-22-17(23-10-9-18(19,20)21)24-12-13-5-7-14(8-6-13)25-16(26)15-4-3-11-27-15;/h3-8,11H,2,9-10,12H2,1H3,(H,25,26)(H2,22,23,24);1H. The number of benzene rings is 1. The highest BCUT2D eigenvalue weighted by atomic mass is 127. The van der Waals surface area contributed by atoms with Crippen molar-refractivity contribution in [2.75, 3.05) is 18.4 Å². The van der Waals surface area contributed by atoms with Crippen LogP contribution in [-0.4, -0.2) is 31.1 Å². The first kappa shape index (κ1) is 23.8. The highest BCUT2D eigenvalue weighted by Crippen LogP contribution is 2.18. The van der Waals surface area contributed by atoms with E-state index < -0.39 is 12.6 Å². The Morgan fingerprint density at radius 3 is 2.43 bits per heavy atom. The van der Waals surface area contributed by atoms with Crippen LogP contribution in [-0.2, 0) is 6.54 Å². The van der Waals surface area contributed by atoms with E-state index >= 15 is 0 Å². The quantitative estimate of drug-likeness (QED) is 0.297. The normalized spacial score (nSPS) is 11.5. The zero-order chi connectivity index (χ0) is 19.7. The van der Waals surface area contributed by atoms with Crippen LogP contribution in [0, 0.1) is 0 Å². The predicted molar refractivity (Wildman–Crippen MR) is 112 cm³/mol. The highest BCUT2D eigenvalue weighted by molar-refractivity contribution is 14.0. The van der Waals surface area contributed by atoms with Gasteiger partial charge in [-0.25, -0.2) is 4.99 Å². The summed E-state index contributed by atoms with van der Waals surface area (Å²) in [6, 6.07) is 10.2. The monoisotopic (exact) mass is 510 g/mol. The molecular formula is C18H22F3IN4O2. The van der Waals surface area contributed by atoms with Crippen molar-refractivity contribution in [1.29, 1.82) is 0 Å². The van der Waals surface area contributed by atoms with Crippen LogP contribution >= 0.6 is 24.0 Å². The van der Waals surface area contributed by atoms with E-state index in [9.17, 15) is 18.0 Å². The van der Waals surface area contributed by atoms with Crippen molar-refractivity contribution in [3.8, 4) is 0 Å². The third kappa shape index (κ3) is 8.63. The average molecular weight is 510 g/mol. The molecule has 154 valence electrons. The number of halogens is 4. The van der Waals surface area contributed by atoms with Crippen molar-refractivity contribution < 1.29 is 22.4 Å². The molecule has 0 atom stereocenters. The summed E-state index contributed by atoms with van der Waals surface area (Å²) in [4.78, 5) is 16.2. The molecule has 0 saturated heterocycles. The fraction of sp³-hybridized carbons (Fsp3) is 0.333. The summed E-state index contributed by atoms with van der Waals surface area (Å²) in [5.74, 6) is 0.176. The third-order valence-electron chi connectivity index (χ3n) is 3.42. The van der Waals surface area contributed by atoms with E-state index in [1.807, 2.05) is 6.92 Å². The Bertz CT molecular complexity index is 747. The Morgan fingerprint density at radius 1 is 1.14 bits per heavy atom. The molecule has 0 aliphatic rings. The maximum absolute atomic E-state index is 12.2. The molecule has 28 heavy (non-hydrogen) atoms. The maximum atomic E-state index is 12.2. The number of hydrogen-bond acceptors (Lipinski definition) is 3. The number of rotatable bonds is 7. The minimum absolute atomic E-state index is 0. The van der Waals surface area contributed by atoms with Gasteiger partial charge in [0.15, 0.2) is 11.7 Å². The van der Waals surface area contributed by atoms with Crippen molar-refractivity contribution >= 4 is 41.5 Å². The van der Waals surface area contributed by atoms with Crippen LogP contribution in [0.4, 0.5) is 18.9 Å². The molecular weight excluding hydrogens is 488 g/mol. The van der Waals surface area contributed by atoms with Crippen molar-refractivity contribution in [2.45, 2.75) is 26.1 Å². The van der Waals surface area contributed by atoms with Gasteiger partial charge >= 0.3 is 6.18 Å². The molecule has 3 N–H and O–H groups in total. The van der Waals surface area contributed by atoms with Crippen LogP contribution in [0.5, 0.6) is 0 Å². The van der Waals surface area contributed by atoms with Gasteiger partial charge in [0.1, 0.15) is 0 Å². The maximum Gasteiger partial charge on any atom is 0.390 e. The van der Waals surface area contributed by atoms with Gasteiger partial charge in [0.2, 0.25) is 0 Å². The van der Waals surface area contributed by atoms with E-state index in [4.69, 9.17) is 4.42 Å². The van der Waals surface area contributed by atoms with Crippen LogP contribution in [0.25, 0.3) is 0 Å². The van der Waals surface area contributed by atoms with E-state index in [2.05, 4.69) is 20.9 Å². The highest BCUT2D eigenvalue weighted by Gasteiger charge is 2.26. The van der Waals surface area contributed by atoms with E-state index in [0.717, 1.165) is 5.56 Å². The van der Waals surface area contributed by atoms with Gasteiger partial charge in [0.05, 0.1) is 19.2 Å². The molecule has 2 aromatic rings. The summed E-state index contributed by atoms with van der Waals surface area (Å²) < 4.78 is 41.7. The van der Waals surface area contributed by atoms with E-state index in [-0.39, 0.29) is 48.7 Å². The molecule has 0 unspecified atom stereocenters. The van der Waals surface area contributed by atoms with Gasteiger partial charge in [-0.3, -0.25) is 4.79 Å². The summed E-state index contributed by atoms with van der Waals surface area (Å²) >= 11 is 0. The number of anilines is 1. The number of aliphatic imine (C=N–C) groups is 1. The van der Waals surface area contributed by atoms with Crippen molar-refractivity contribution in [2.24, 2.45) is 4.99 Å². The molecule has 0 radical (unpaired) electrons. The Balaban J connectivity index is 0.00000392. The van der Waals surface area contributed by atoms with Gasteiger partial charge in [-0.1, -0.05) is 12.1 Å². The smallest absolute Gasteiger partial charge is 0.390 e. The van der Waals surface area contributed by atoms with Crippen molar-refractivity contribution in [3.63, 3.8) is 0 Å². The number of carbonyl (C=O) groups excluding carboxylic acids is 1. The number of nitrogens with zero attached hydrogens (tertiary/aromatic N) is 1. The van der Waals surface area contributed by atoms with Crippen molar-refractivity contribution in [1.82, 2.24) is 10.6 Å². The third-order valence-corrected chi connectivity index (χ3v) is 3.42. The molecule has 0 bridgehead atoms. The summed E-state index contributed by atoms with van der Waals surface area (Å²) in [6.07, 6.45) is -3.72. The predicted octanol–water partition coefficient (Wildman–Crippen LogP) is 4.16. The summed E-state index contributed by atoms with van der Waals surface area (Å²) in [6.45, 7) is 2.41. The van der Waals surface area contributed by atoms with Gasteiger partial charge in [0.25, 0.3) is 5.91 Å². The van der Waals surface area contributed by atoms with Crippen LogP contribution in [0.2, 0.25) is 0 Å². The van der Waals surface area contributed by atoms with Crippen LogP contribution in [0.1, 0.15) is 29.5 Å². The van der Waals surface area contributed by atoms with Gasteiger partial charge in [-0.05, 0) is 36.8 Å². The minimum Gasteiger partial charge on any atom is -0.459 e.